The van der Waals surface area contributed by atoms with E-state index in [1.54, 1.807) is 0 Å². The summed E-state index contributed by atoms with van der Waals surface area (Å²) in [4.78, 5) is 0. The molecule has 1 saturated heterocycles. The molecule has 2 rings (SSSR count). The monoisotopic (exact) mass is 313 g/mol. The fraction of sp³-hybridized carbons (Fsp3) is 0.600. The number of aryl methyl sites for hydroxylation is 2. The molecular formula is C15H23NO4S. The molecule has 0 aliphatic carbocycles. The minimum absolute atomic E-state index is 0.0502. The molecule has 0 spiro atoms. The highest BCUT2D eigenvalue weighted by Crippen LogP contribution is 2.18. The van der Waals surface area contributed by atoms with E-state index in [2.05, 4.69) is 5.32 Å². The molecule has 2 atom stereocenters. The fourth-order valence-corrected chi connectivity index (χ4v) is 4.17. The van der Waals surface area contributed by atoms with E-state index in [1.807, 2.05) is 32.0 Å². The molecule has 0 saturated carbocycles. The molecule has 1 aliphatic rings. The number of benzene rings is 1. The van der Waals surface area contributed by atoms with Gasteiger partial charge in [-0.3, -0.25) is 0 Å². The van der Waals surface area contributed by atoms with Gasteiger partial charge in [0.15, 0.2) is 9.84 Å². The minimum Gasteiger partial charge on any atom is -0.491 e. The van der Waals surface area contributed by atoms with Crippen LogP contribution in [0.2, 0.25) is 0 Å². The van der Waals surface area contributed by atoms with Gasteiger partial charge >= 0.3 is 0 Å². The van der Waals surface area contributed by atoms with E-state index < -0.39 is 15.9 Å². The Morgan fingerprint density at radius 1 is 1.43 bits per heavy atom. The highest BCUT2D eigenvalue weighted by atomic mass is 32.2. The van der Waals surface area contributed by atoms with E-state index in [0.717, 1.165) is 11.3 Å². The molecule has 0 aromatic heterocycles. The molecule has 0 bridgehead atoms. The molecule has 1 aromatic carbocycles. The molecular weight excluding hydrogens is 290 g/mol. The second-order valence-corrected chi connectivity index (χ2v) is 7.97. The van der Waals surface area contributed by atoms with Crippen LogP contribution >= 0.6 is 0 Å². The quantitative estimate of drug-likeness (QED) is 0.813. The Labute approximate surface area is 126 Å². The first-order valence-electron chi connectivity index (χ1n) is 7.17. The number of sulfone groups is 1. The van der Waals surface area contributed by atoms with E-state index in [9.17, 15) is 13.5 Å². The van der Waals surface area contributed by atoms with Crippen LogP contribution in [0.15, 0.2) is 18.2 Å². The molecule has 1 fully saturated rings. The first-order valence-corrected chi connectivity index (χ1v) is 9.00. The molecule has 1 aromatic rings. The van der Waals surface area contributed by atoms with Crippen molar-refractivity contribution < 1.29 is 18.3 Å². The van der Waals surface area contributed by atoms with Crippen LogP contribution in [0.25, 0.3) is 0 Å². The average Bonchev–Trinajstić information content (AvgIpc) is 2.75. The molecule has 0 radical (unpaired) electrons. The Hall–Kier alpha value is -1.11. The molecule has 6 heteroatoms. The number of aliphatic hydroxyl groups excluding tert-OH is 1. The molecule has 1 aliphatic heterocycles. The average molecular weight is 313 g/mol. The number of aliphatic hydroxyl groups is 1. The Balaban J connectivity index is 1.74. The largest absolute Gasteiger partial charge is 0.491 e. The second-order valence-electron chi connectivity index (χ2n) is 5.74. The molecule has 0 amide bonds. The summed E-state index contributed by atoms with van der Waals surface area (Å²) in [6.07, 6.45) is -0.0403. The van der Waals surface area contributed by atoms with Gasteiger partial charge in [-0.25, -0.2) is 8.42 Å². The van der Waals surface area contributed by atoms with Gasteiger partial charge in [0.25, 0.3) is 0 Å². The van der Waals surface area contributed by atoms with Gasteiger partial charge in [0.2, 0.25) is 0 Å². The number of ether oxygens (including phenoxy) is 1. The van der Waals surface area contributed by atoms with Gasteiger partial charge in [-0.1, -0.05) is 17.7 Å². The minimum atomic E-state index is -2.88. The van der Waals surface area contributed by atoms with Crippen LogP contribution in [0.1, 0.15) is 17.5 Å². The van der Waals surface area contributed by atoms with Crippen molar-refractivity contribution in [3.63, 3.8) is 0 Å². The zero-order chi connectivity index (χ0) is 15.5. The molecule has 21 heavy (non-hydrogen) atoms. The van der Waals surface area contributed by atoms with E-state index in [0.29, 0.717) is 13.0 Å². The van der Waals surface area contributed by atoms with Gasteiger partial charge in [-0.15, -0.1) is 0 Å². The second kappa shape index (κ2) is 6.77. The lowest BCUT2D eigenvalue weighted by atomic mass is 10.1. The van der Waals surface area contributed by atoms with Crippen LogP contribution in [-0.4, -0.2) is 50.3 Å². The third-order valence-electron chi connectivity index (χ3n) is 3.64. The predicted molar refractivity (Wildman–Crippen MR) is 82.5 cm³/mol. The van der Waals surface area contributed by atoms with Crippen LogP contribution < -0.4 is 10.1 Å². The Kier molecular flexibility index (Phi) is 5.24. The lowest BCUT2D eigenvalue weighted by Crippen LogP contribution is -2.38. The van der Waals surface area contributed by atoms with Gasteiger partial charge in [-0.05, 0) is 31.9 Å². The summed E-state index contributed by atoms with van der Waals surface area (Å²) >= 11 is 0. The zero-order valence-corrected chi connectivity index (χ0v) is 13.3. The molecule has 5 nitrogen and oxygen atoms in total. The van der Waals surface area contributed by atoms with E-state index in [1.165, 1.54) is 5.56 Å². The van der Waals surface area contributed by atoms with Crippen molar-refractivity contribution in [1.29, 1.82) is 0 Å². The Morgan fingerprint density at radius 3 is 2.81 bits per heavy atom. The van der Waals surface area contributed by atoms with Crippen LogP contribution in [0.5, 0.6) is 5.75 Å². The van der Waals surface area contributed by atoms with Gasteiger partial charge in [-0.2, -0.15) is 0 Å². The van der Waals surface area contributed by atoms with Crippen LogP contribution in [0.3, 0.4) is 0 Å². The summed E-state index contributed by atoms with van der Waals surface area (Å²) < 4.78 is 28.3. The van der Waals surface area contributed by atoms with Crippen LogP contribution in [-0.2, 0) is 9.84 Å². The van der Waals surface area contributed by atoms with Crippen LogP contribution in [0.4, 0.5) is 0 Å². The normalized spacial score (nSPS) is 22.1. The Morgan fingerprint density at radius 2 is 2.19 bits per heavy atom. The van der Waals surface area contributed by atoms with Gasteiger partial charge in [0.1, 0.15) is 18.5 Å². The highest BCUT2D eigenvalue weighted by Gasteiger charge is 2.27. The first-order chi connectivity index (χ1) is 9.85. The summed E-state index contributed by atoms with van der Waals surface area (Å²) in [5.74, 6) is 1.17. The smallest absolute Gasteiger partial charge is 0.151 e. The van der Waals surface area contributed by atoms with Crippen molar-refractivity contribution in [3.05, 3.63) is 29.3 Å². The van der Waals surface area contributed by atoms with Gasteiger partial charge in [0.05, 0.1) is 11.5 Å². The zero-order valence-electron chi connectivity index (χ0n) is 12.5. The van der Waals surface area contributed by atoms with E-state index >= 15 is 0 Å². The predicted octanol–water partition coefficient (Wildman–Crippen LogP) is 0.820. The number of hydrogen-bond donors (Lipinski definition) is 2. The van der Waals surface area contributed by atoms with Crippen molar-refractivity contribution >= 4 is 9.84 Å². The highest BCUT2D eigenvalue weighted by molar-refractivity contribution is 7.91. The maximum absolute atomic E-state index is 11.3. The third kappa shape index (κ3) is 4.98. The lowest BCUT2D eigenvalue weighted by Gasteiger charge is -2.17. The third-order valence-corrected chi connectivity index (χ3v) is 5.40. The maximum atomic E-state index is 11.3. The van der Waals surface area contributed by atoms with Crippen molar-refractivity contribution in [2.45, 2.75) is 32.4 Å². The fourth-order valence-electron chi connectivity index (χ4n) is 2.46. The van der Waals surface area contributed by atoms with Crippen molar-refractivity contribution in [2.75, 3.05) is 24.7 Å². The summed E-state index contributed by atoms with van der Waals surface area (Å²) in [5, 5.41) is 13.0. The van der Waals surface area contributed by atoms with E-state index in [4.69, 9.17) is 4.74 Å². The lowest BCUT2D eigenvalue weighted by molar-refractivity contribution is 0.104. The number of rotatable bonds is 6. The molecule has 2 N–H and O–H groups in total. The summed E-state index contributed by atoms with van der Waals surface area (Å²) in [6.45, 7) is 4.52. The van der Waals surface area contributed by atoms with E-state index in [-0.39, 0.29) is 24.2 Å². The summed E-state index contributed by atoms with van der Waals surface area (Å²) in [7, 11) is -2.88. The SMILES string of the molecule is Cc1ccc(OCC(O)CNC2CCS(=O)(=O)C2)c(C)c1. The Bertz CT molecular complexity index is 585. The number of nitrogens with one attached hydrogen (secondary N) is 1. The van der Waals surface area contributed by atoms with Crippen molar-refractivity contribution in [3.8, 4) is 5.75 Å². The molecule has 1 heterocycles. The maximum Gasteiger partial charge on any atom is 0.151 e. The van der Waals surface area contributed by atoms with Crippen molar-refractivity contribution in [2.24, 2.45) is 0 Å². The number of hydrogen-bond acceptors (Lipinski definition) is 5. The molecule has 118 valence electrons. The van der Waals surface area contributed by atoms with Crippen molar-refractivity contribution in [1.82, 2.24) is 5.32 Å². The summed E-state index contributed by atoms with van der Waals surface area (Å²) in [5.41, 5.74) is 2.21. The van der Waals surface area contributed by atoms with Crippen LogP contribution in [0, 0.1) is 13.8 Å². The van der Waals surface area contributed by atoms with Gasteiger partial charge in [0, 0.05) is 12.6 Å². The standard InChI is InChI=1S/C15H23NO4S/c1-11-3-4-15(12(2)7-11)20-9-14(17)8-16-13-5-6-21(18,19)10-13/h3-4,7,13-14,16-17H,5-6,8-10H2,1-2H3. The topological polar surface area (TPSA) is 75.6 Å². The first kappa shape index (κ1) is 16.3. The summed E-state index contributed by atoms with van der Waals surface area (Å²) in [6, 6.07) is 5.85. The van der Waals surface area contributed by atoms with Gasteiger partial charge < -0.3 is 15.2 Å². The molecule has 2 unspecified atom stereocenters.